The van der Waals surface area contributed by atoms with Crippen LogP contribution in [0.25, 0.3) is 0 Å². The summed E-state index contributed by atoms with van der Waals surface area (Å²) in [6, 6.07) is 0. The van der Waals surface area contributed by atoms with E-state index in [1.807, 2.05) is 0 Å². The van der Waals surface area contributed by atoms with Crippen molar-refractivity contribution in [3.63, 3.8) is 0 Å². The summed E-state index contributed by atoms with van der Waals surface area (Å²) in [5, 5.41) is 13.7. The molecular formula is C45H69FN2O5S. The minimum absolute atomic E-state index is 0.0544. The van der Waals surface area contributed by atoms with Crippen LogP contribution < -0.4 is 5.32 Å². The van der Waals surface area contributed by atoms with E-state index < -0.39 is 27.9 Å². The van der Waals surface area contributed by atoms with E-state index in [9.17, 15) is 27.5 Å². The van der Waals surface area contributed by atoms with Crippen LogP contribution in [-0.4, -0.2) is 81.1 Å². The van der Waals surface area contributed by atoms with Crippen LogP contribution in [0.2, 0.25) is 0 Å². The summed E-state index contributed by atoms with van der Waals surface area (Å²) in [6.07, 6.45) is 15.3. The Bertz CT molecular complexity index is 1730. The maximum absolute atomic E-state index is 14.0. The molecule has 0 radical (unpaired) electrons. The van der Waals surface area contributed by atoms with Gasteiger partial charge in [-0.25, -0.2) is 12.8 Å². The predicted molar refractivity (Wildman–Crippen MR) is 213 cm³/mol. The molecular weight excluding hydrogens is 700 g/mol. The van der Waals surface area contributed by atoms with Gasteiger partial charge in [0, 0.05) is 31.5 Å². The maximum atomic E-state index is 14.0. The summed E-state index contributed by atoms with van der Waals surface area (Å²) in [4.78, 5) is 28.3. The monoisotopic (exact) mass is 768 g/mol. The van der Waals surface area contributed by atoms with Crippen molar-refractivity contribution in [2.24, 2.45) is 56.2 Å². The standard InChI is InChI=1S/C45H69FN2O5S/c1-30(2)37-34(49)27-45(29-47-21-8-22-48-23-25-54(52,53)26-24-48)20-19-42(6)33(38(37)45)9-10-36-41(5)15-13-32(40(3,4)35(41)14-16-43(36,42)7)31-11-17-44(28-46,18-12-31)39(50)51/h11,13,30,33,35-36,47H,8-10,12,14-29H2,1-7H3,(H,50,51)/t33-,35+,36-,41+,42-,43-,44+,45?/m1/s1. The van der Waals surface area contributed by atoms with Crippen molar-refractivity contribution >= 4 is 21.6 Å². The second kappa shape index (κ2) is 13.9. The molecule has 0 amide bonds. The van der Waals surface area contributed by atoms with Crippen molar-refractivity contribution in [1.82, 2.24) is 10.2 Å². The molecule has 9 heteroatoms. The van der Waals surface area contributed by atoms with E-state index >= 15 is 0 Å². The zero-order valence-corrected chi connectivity index (χ0v) is 35.2. The molecule has 2 N–H and O–H groups in total. The molecule has 6 aliphatic carbocycles. The van der Waals surface area contributed by atoms with Crippen molar-refractivity contribution in [3.05, 3.63) is 34.4 Å². The minimum Gasteiger partial charge on any atom is -0.481 e. The molecule has 1 unspecified atom stereocenters. The molecule has 302 valence electrons. The van der Waals surface area contributed by atoms with E-state index in [4.69, 9.17) is 0 Å². The average molecular weight is 769 g/mol. The fraction of sp³-hybridized carbons (Fsp3) is 0.822. The highest BCUT2D eigenvalue weighted by Gasteiger charge is 2.69. The van der Waals surface area contributed by atoms with Gasteiger partial charge in [-0.2, -0.15) is 0 Å². The lowest BCUT2D eigenvalue weighted by Crippen LogP contribution is -2.64. The highest BCUT2D eigenvalue weighted by molar-refractivity contribution is 7.91. The Hall–Kier alpha value is -1.84. The van der Waals surface area contributed by atoms with Gasteiger partial charge in [-0.15, -0.1) is 0 Å². The number of alkyl halides is 1. The van der Waals surface area contributed by atoms with Gasteiger partial charge in [0.05, 0.1) is 16.9 Å². The third kappa shape index (κ3) is 6.17. The number of rotatable bonds is 10. The predicted octanol–water partition coefficient (Wildman–Crippen LogP) is 8.36. The Morgan fingerprint density at radius 2 is 1.69 bits per heavy atom. The number of carbonyl (C=O) groups excluding carboxylic acids is 1. The fourth-order valence-electron chi connectivity index (χ4n) is 14.3. The van der Waals surface area contributed by atoms with Gasteiger partial charge in [0.1, 0.15) is 6.67 Å². The summed E-state index contributed by atoms with van der Waals surface area (Å²) in [5.41, 5.74) is 4.23. The first-order chi connectivity index (χ1) is 25.3. The number of nitrogens with one attached hydrogen (secondary N) is 1. The van der Waals surface area contributed by atoms with Crippen molar-refractivity contribution in [3.8, 4) is 0 Å². The molecule has 1 saturated heterocycles. The normalized spacial score (nSPS) is 41.7. The van der Waals surface area contributed by atoms with Gasteiger partial charge in [-0.05, 0) is 146 Å². The van der Waals surface area contributed by atoms with Crippen LogP contribution in [0.1, 0.15) is 126 Å². The number of sulfone groups is 1. The molecule has 4 fully saturated rings. The van der Waals surface area contributed by atoms with E-state index in [0.717, 1.165) is 63.7 Å². The van der Waals surface area contributed by atoms with Crippen molar-refractivity contribution in [2.75, 3.05) is 50.9 Å². The van der Waals surface area contributed by atoms with Gasteiger partial charge in [-0.3, -0.25) is 9.59 Å². The first-order valence-corrected chi connectivity index (χ1v) is 23.2. The van der Waals surface area contributed by atoms with Crippen molar-refractivity contribution in [1.29, 1.82) is 0 Å². The Morgan fingerprint density at radius 3 is 2.31 bits per heavy atom. The molecule has 7 nitrogen and oxygen atoms in total. The summed E-state index contributed by atoms with van der Waals surface area (Å²) in [7, 11) is -2.87. The van der Waals surface area contributed by atoms with Crippen LogP contribution in [0.15, 0.2) is 34.4 Å². The number of ketones is 1. The lowest BCUT2D eigenvalue weighted by atomic mass is 9.33. The molecule has 0 bridgehead atoms. The number of halogens is 1. The third-order valence-electron chi connectivity index (χ3n) is 17.5. The number of aliphatic carboxylic acids is 1. The Labute approximate surface area is 325 Å². The number of nitrogens with zero attached hydrogens (tertiary/aromatic N) is 1. The summed E-state index contributed by atoms with van der Waals surface area (Å²) in [6.45, 7) is 20.2. The molecule has 1 aliphatic heterocycles. The molecule has 0 aromatic rings. The largest absolute Gasteiger partial charge is 0.481 e. The molecule has 7 aliphatic rings. The van der Waals surface area contributed by atoms with Crippen LogP contribution in [0, 0.1) is 56.2 Å². The molecule has 1 heterocycles. The topological polar surface area (TPSA) is 104 Å². The molecule has 3 saturated carbocycles. The number of fused-ring (bicyclic) bond motifs is 7. The van der Waals surface area contributed by atoms with E-state index in [1.165, 1.54) is 29.6 Å². The third-order valence-corrected chi connectivity index (χ3v) is 19.2. The number of Topliss-reactive ketones (excluding diaryl/α,β-unsaturated/α-hetero) is 1. The summed E-state index contributed by atoms with van der Waals surface area (Å²) >= 11 is 0. The zero-order chi connectivity index (χ0) is 39.1. The van der Waals surface area contributed by atoms with Crippen LogP contribution in [0.4, 0.5) is 4.39 Å². The van der Waals surface area contributed by atoms with Gasteiger partial charge in [-0.1, -0.05) is 66.2 Å². The summed E-state index contributed by atoms with van der Waals surface area (Å²) < 4.78 is 37.8. The Morgan fingerprint density at radius 1 is 0.963 bits per heavy atom. The van der Waals surface area contributed by atoms with Gasteiger partial charge >= 0.3 is 5.97 Å². The second-order valence-corrected chi connectivity index (χ2v) is 23.0. The molecule has 7 rings (SSSR count). The first-order valence-electron chi connectivity index (χ1n) is 21.4. The minimum atomic E-state index is -2.87. The lowest BCUT2D eigenvalue weighted by molar-refractivity contribution is -0.198. The average Bonchev–Trinajstić information content (AvgIpc) is 3.41. The van der Waals surface area contributed by atoms with Crippen LogP contribution in [-0.2, 0) is 19.4 Å². The number of allylic oxidation sites excluding steroid dienone is 5. The zero-order valence-electron chi connectivity index (χ0n) is 34.4. The van der Waals surface area contributed by atoms with Crippen molar-refractivity contribution in [2.45, 2.75) is 126 Å². The van der Waals surface area contributed by atoms with Gasteiger partial charge < -0.3 is 15.3 Å². The quantitative estimate of drug-likeness (QED) is 0.216. The first kappa shape index (κ1) is 40.4. The molecule has 0 aromatic carbocycles. The summed E-state index contributed by atoms with van der Waals surface area (Å²) in [5.74, 6) is 1.61. The van der Waals surface area contributed by atoms with Gasteiger partial charge in [0.2, 0.25) is 0 Å². The highest BCUT2D eigenvalue weighted by atomic mass is 32.2. The second-order valence-electron chi connectivity index (χ2n) is 20.7. The van der Waals surface area contributed by atoms with E-state index in [2.05, 4.69) is 70.8 Å². The molecule has 0 spiro atoms. The number of carboxylic acid groups (broad SMARTS) is 1. The van der Waals surface area contributed by atoms with E-state index in [-0.39, 0.29) is 50.9 Å². The van der Waals surface area contributed by atoms with Gasteiger partial charge in [0.15, 0.2) is 15.6 Å². The number of hydrogen-bond acceptors (Lipinski definition) is 6. The number of hydrogen-bond donors (Lipinski definition) is 2. The number of carbonyl (C=O) groups is 2. The fourth-order valence-corrected chi connectivity index (χ4v) is 15.6. The SMILES string of the molecule is CC(C)C1=C2[C@H]3CC[C@@H]4[C@@]5(C)CC=C(C6=CC[C@](CF)(C(=O)O)CC6)C(C)(C)[C@@H]5CC[C@@]4(C)[C@]3(C)CCC2(CNCCCN2CCS(=O)(=O)CC2)CC1=O. The van der Waals surface area contributed by atoms with Gasteiger partial charge in [0.25, 0.3) is 0 Å². The van der Waals surface area contributed by atoms with E-state index in [0.29, 0.717) is 55.9 Å². The Kier molecular flexibility index (Phi) is 10.4. The lowest BCUT2D eigenvalue weighted by Gasteiger charge is -2.71. The van der Waals surface area contributed by atoms with Crippen LogP contribution >= 0.6 is 0 Å². The van der Waals surface area contributed by atoms with Crippen LogP contribution in [0.5, 0.6) is 0 Å². The molecule has 0 aromatic heterocycles. The van der Waals surface area contributed by atoms with E-state index in [1.54, 1.807) is 0 Å². The van der Waals surface area contributed by atoms with Crippen LogP contribution in [0.3, 0.4) is 0 Å². The number of carboxylic acids is 1. The van der Waals surface area contributed by atoms with Crippen molar-refractivity contribution < 1.29 is 27.5 Å². The molecule has 54 heavy (non-hydrogen) atoms. The maximum Gasteiger partial charge on any atom is 0.312 e. The molecule has 8 atom stereocenters. The highest BCUT2D eigenvalue weighted by Crippen LogP contribution is 2.76. The smallest absolute Gasteiger partial charge is 0.312 e. The Balaban J connectivity index is 1.11.